The van der Waals surface area contributed by atoms with Crippen molar-refractivity contribution in [2.45, 2.75) is 38.8 Å². The smallest absolute Gasteiger partial charge is 0.261 e. The minimum Gasteiger partial charge on any atom is -0.347 e. The maximum atomic E-state index is 12.2. The van der Waals surface area contributed by atoms with Gasteiger partial charge in [-0.05, 0) is 25.0 Å². The van der Waals surface area contributed by atoms with Crippen molar-refractivity contribution in [1.29, 1.82) is 0 Å². The summed E-state index contributed by atoms with van der Waals surface area (Å²) >= 11 is 1.59. The third kappa shape index (κ3) is 2.56. The molecule has 3 heterocycles. The molecule has 100 valence electrons. The van der Waals surface area contributed by atoms with Gasteiger partial charge in [0.15, 0.2) is 0 Å². The predicted octanol–water partition coefficient (Wildman–Crippen LogP) is 2.25. The monoisotopic (exact) mass is 275 g/mol. The summed E-state index contributed by atoms with van der Waals surface area (Å²) in [5.41, 5.74) is 0. The first kappa shape index (κ1) is 12.4. The summed E-state index contributed by atoms with van der Waals surface area (Å²) in [7, 11) is 0. The molecule has 1 aliphatic heterocycles. The van der Waals surface area contributed by atoms with Gasteiger partial charge < -0.3 is 9.88 Å². The minimum atomic E-state index is 0.0539. The highest BCUT2D eigenvalue weighted by Crippen LogP contribution is 2.18. The number of carbonyl (C=O) groups is 1. The lowest BCUT2D eigenvalue weighted by molar-refractivity contribution is 0.0931. The number of hydrogen-bond donors (Lipinski definition) is 1. The van der Waals surface area contributed by atoms with Crippen molar-refractivity contribution in [3.63, 3.8) is 0 Å². The number of fused-ring (bicyclic) bond motifs is 1. The lowest BCUT2D eigenvalue weighted by Crippen LogP contribution is -2.40. The summed E-state index contributed by atoms with van der Waals surface area (Å²) < 4.78 is 2.13. The average molecular weight is 275 g/mol. The van der Waals surface area contributed by atoms with Crippen molar-refractivity contribution >= 4 is 17.2 Å². The molecule has 1 N–H and O–H groups in total. The van der Waals surface area contributed by atoms with Gasteiger partial charge in [-0.25, -0.2) is 4.98 Å². The van der Waals surface area contributed by atoms with E-state index in [1.165, 1.54) is 4.88 Å². The van der Waals surface area contributed by atoms with Crippen molar-refractivity contribution in [3.8, 4) is 0 Å². The Morgan fingerprint density at radius 3 is 3.26 bits per heavy atom. The third-order valence-electron chi connectivity index (χ3n) is 3.50. The molecular weight excluding hydrogens is 258 g/mol. The van der Waals surface area contributed by atoms with E-state index in [1.807, 2.05) is 24.5 Å². The van der Waals surface area contributed by atoms with E-state index in [9.17, 15) is 4.79 Å². The Morgan fingerprint density at radius 1 is 1.58 bits per heavy atom. The van der Waals surface area contributed by atoms with Crippen LogP contribution in [0.5, 0.6) is 0 Å². The quantitative estimate of drug-likeness (QED) is 0.934. The zero-order valence-corrected chi connectivity index (χ0v) is 11.7. The highest BCUT2D eigenvalue weighted by atomic mass is 32.1. The molecule has 5 heteroatoms. The molecule has 0 aliphatic carbocycles. The van der Waals surface area contributed by atoms with Crippen LogP contribution in [0, 0.1) is 0 Å². The molecule has 0 saturated carbocycles. The summed E-state index contributed by atoms with van der Waals surface area (Å²) in [6.45, 7) is 2.93. The van der Waals surface area contributed by atoms with Gasteiger partial charge in [0.1, 0.15) is 5.82 Å². The number of nitrogens with zero attached hydrogens (tertiary/aromatic N) is 2. The number of imidazole rings is 1. The van der Waals surface area contributed by atoms with Crippen LogP contribution in [0.2, 0.25) is 0 Å². The van der Waals surface area contributed by atoms with Crippen LogP contribution in [0.25, 0.3) is 0 Å². The predicted molar refractivity (Wildman–Crippen MR) is 75.5 cm³/mol. The second kappa shape index (κ2) is 5.17. The van der Waals surface area contributed by atoms with E-state index in [1.54, 1.807) is 11.3 Å². The van der Waals surface area contributed by atoms with E-state index < -0.39 is 0 Å². The van der Waals surface area contributed by atoms with Crippen LogP contribution >= 0.6 is 11.3 Å². The number of nitrogens with one attached hydrogen (secondary N) is 1. The Kier molecular flexibility index (Phi) is 3.38. The molecule has 0 unspecified atom stereocenters. The third-order valence-corrected chi connectivity index (χ3v) is 4.73. The molecule has 3 rings (SSSR count). The molecule has 0 aromatic carbocycles. The van der Waals surface area contributed by atoms with Crippen LogP contribution in [0.15, 0.2) is 24.5 Å². The molecule has 0 spiro atoms. The first-order valence-corrected chi connectivity index (χ1v) is 7.47. The molecule has 0 bridgehead atoms. The lowest BCUT2D eigenvalue weighted by Gasteiger charge is -2.24. The Labute approximate surface area is 116 Å². The molecule has 0 radical (unpaired) electrons. The van der Waals surface area contributed by atoms with E-state index in [0.717, 1.165) is 36.5 Å². The number of amides is 1. The van der Waals surface area contributed by atoms with Gasteiger partial charge in [0.25, 0.3) is 5.91 Å². The summed E-state index contributed by atoms with van der Waals surface area (Å²) in [4.78, 5) is 18.5. The molecular formula is C14H17N3OS. The van der Waals surface area contributed by atoms with Gasteiger partial charge in [0, 0.05) is 36.3 Å². The number of thiophene rings is 1. The molecule has 2 aromatic rings. The summed E-state index contributed by atoms with van der Waals surface area (Å²) in [5.74, 6) is 1.17. The van der Waals surface area contributed by atoms with Crippen LogP contribution in [-0.2, 0) is 19.4 Å². The fourth-order valence-corrected chi connectivity index (χ4v) is 3.28. The Morgan fingerprint density at radius 2 is 2.47 bits per heavy atom. The molecule has 1 amide bonds. The fourth-order valence-electron chi connectivity index (χ4n) is 2.43. The van der Waals surface area contributed by atoms with Crippen LogP contribution < -0.4 is 5.32 Å². The van der Waals surface area contributed by atoms with Crippen LogP contribution in [0.4, 0.5) is 0 Å². The largest absolute Gasteiger partial charge is 0.347 e. The van der Waals surface area contributed by atoms with E-state index >= 15 is 0 Å². The summed E-state index contributed by atoms with van der Waals surface area (Å²) in [5, 5.41) is 3.13. The van der Waals surface area contributed by atoms with Gasteiger partial charge in [-0.1, -0.05) is 6.92 Å². The van der Waals surface area contributed by atoms with Crippen LogP contribution in [0.3, 0.4) is 0 Å². The van der Waals surface area contributed by atoms with E-state index in [2.05, 4.69) is 21.8 Å². The van der Waals surface area contributed by atoms with Gasteiger partial charge in [0.2, 0.25) is 0 Å². The summed E-state index contributed by atoms with van der Waals surface area (Å²) in [6, 6.07) is 4.17. The topological polar surface area (TPSA) is 46.9 Å². The average Bonchev–Trinajstić information content (AvgIpc) is 3.06. The van der Waals surface area contributed by atoms with E-state index in [0.29, 0.717) is 0 Å². The maximum absolute atomic E-state index is 12.2. The van der Waals surface area contributed by atoms with Gasteiger partial charge in [-0.15, -0.1) is 11.3 Å². The van der Waals surface area contributed by atoms with E-state index in [4.69, 9.17) is 0 Å². The standard InChI is InChI=1S/C14H17N3OS/c1-2-11-4-5-12(19-11)14(18)16-10-3-6-13-15-7-8-17(13)9-10/h4-5,7-8,10H,2-3,6,9H2,1H3,(H,16,18)/t10-/m0/s1. The normalized spacial score (nSPS) is 18.1. The van der Waals surface area contributed by atoms with Gasteiger partial charge in [0.05, 0.1) is 4.88 Å². The number of aryl methyl sites for hydroxylation is 2. The highest BCUT2D eigenvalue weighted by Gasteiger charge is 2.21. The first-order valence-electron chi connectivity index (χ1n) is 6.66. The number of aromatic nitrogens is 2. The fraction of sp³-hybridized carbons (Fsp3) is 0.429. The van der Waals surface area contributed by atoms with Crippen LogP contribution in [0.1, 0.15) is 33.7 Å². The van der Waals surface area contributed by atoms with Crippen molar-refractivity contribution in [2.75, 3.05) is 0 Å². The molecule has 0 fully saturated rings. The van der Waals surface area contributed by atoms with Gasteiger partial charge in [-0.3, -0.25) is 4.79 Å². The maximum Gasteiger partial charge on any atom is 0.261 e. The van der Waals surface area contributed by atoms with E-state index in [-0.39, 0.29) is 11.9 Å². The number of hydrogen-bond acceptors (Lipinski definition) is 3. The van der Waals surface area contributed by atoms with Crippen LogP contribution in [-0.4, -0.2) is 21.5 Å². The zero-order chi connectivity index (χ0) is 13.2. The van der Waals surface area contributed by atoms with Crippen molar-refractivity contribution in [1.82, 2.24) is 14.9 Å². The Hall–Kier alpha value is -1.62. The molecule has 2 aromatic heterocycles. The molecule has 4 nitrogen and oxygen atoms in total. The van der Waals surface area contributed by atoms with Crippen molar-refractivity contribution in [2.24, 2.45) is 0 Å². The van der Waals surface area contributed by atoms with Gasteiger partial charge in [-0.2, -0.15) is 0 Å². The second-order valence-electron chi connectivity index (χ2n) is 4.82. The molecule has 1 atom stereocenters. The van der Waals surface area contributed by atoms with Crippen molar-refractivity contribution in [3.05, 3.63) is 40.1 Å². The second-order valence-corrected chi connectivity index (χ2v) is 5.99. The summed E-state index contributed by atoms with van der Waals surface area (Å²) in [6.07, 6.45) is 6.69. The van der Waals surface area contributed by atoms with Crippen molar-refractivity contribution < 1.29 is 4.79 Å². The zero-order valence-electron chi connectivity index (χ0n) is 10.9. The SMILES string of the molecule is CCc1ccc(C(=O)N[C@H]2CCc3nccn3C2)s1. The molecule has 19 heavy (non-hydrogen) atoms. The Balaban J connectivity index is 1.64. The highest BCUT2D eigenvalue weighted by molar-refractivity contribution is 7.14. The minimum absolute atomic E-state index is 0.0539. The number of carbonyl (C=O) groups excluding carboxylic acids is 1. The molecule has 1 aliphatic rings. The number of rotatable bonds is 3. The van der Waals surface area contributed by atoms with Gasteiger partial charge >= 0.3 is 0 Å². The Bertz CT molecular complexity index is 587. The first-order chi connectivity index (χ1) is 9.26. The molecule has 0 saturated heterocycles. The lowest BCUT2D eigenvalue weighted by atomic mass is 10.1.